The summed E-state index contributed by atoms with van der Waals surface area (Å²) in [6.45, 7) is -1.41. The van der Waals surface area contributed by atoms with E-state index >= 15 is 0 Å². The van der Waals surface area contributed by atoms with E-state index in [1.165, 1.54) is 42.3 Å². The molecule has 0 aromatic heterocycles. The zero-order valence-electron chi connectivity index (χ0n) is 17.2. The number of fused-ring (bicyclic) bond motifs is 2. The molecule has 6 nitrogen and oxygen atoms in total. The van der Waals surface area contributed by atoms with Crippen LogP contribution in [0.1, 0.15) is 53.7 Å². The number of nitrogens with two attached hydrogens (primary N) is 1. The summed E-state index contributed by atoms with van der Waals surface area (Å²) in [7, 11) is -3.50. The second-order valence-corrected chi connectivity index (χ2v) is 9.72. The van der Waals surface area contributed by atoms with Crippen LogP contribution in [0.4, 0.5) is 19.3 Å². The molecule has 0 fully saturated rings. The molecule has 0 bridgehead atoms. The molecule has 0 radical (unpaired) electrons. The Morgan fingerprint density at radius 1 is 1.10 bits per heavy atom. The number of aryl methyl sites for hydroxylation is 2. The number of hydrogen-bond donors (Lipinski definition) is 2. The summed E-state index contributed by atoms with van der Waals surface area (Å²) in [6, 6.07) is 7.30. The van der Waals surface area contributed by atoms with Gasteiger partial charge in [0.15, 0.2) is 0 Å². The van der Waals surface area contributed by atoms with Gasteiger partial charge in [-0.15, -0.1) is 4.36 Å². The number of hydrogen-bond acceptors (Lipinski definition) is 3. The lowest BCUT2D eigenvalue weighted by Gasteiger charge is -2.15. The third kappa shape index (κ3) is 4.63. The van der Waals surface area contributed by atoms with Crippen molar-refractivity contribution in [3.63, 3.8) is 0 Å². The SMILES string of the molecule is CC(OC(F)F)c1ccc(S(N)(=O)=NC(=O)Nc2c3c(cc4c2CCC4)CCC3)cc1. The maximum atomic E-state index is 12.9. The summed E-state index contributed by atoms with van der Waals surface area (Å²) in [5.74, 6) is 0. The van der Waals surface area contributed by atoms with Crippen LogP contribution in [0.3, 0.4) is 0 Å². The largest absolute Gasteiger partial charge is 0.354 e. The minimum atomic E-state index is -3.50. The molecule has 31 heavy (non-hydrogen) atoms. The van der Waals surface area contributed by atoms with Gasteiger partial charge in [-0.3, -0.25) is 0 Å². The molecule has 0 aliphatic heterocycles. The van der Waals surface area contributed by atoms with Gasteiger partial charge in [-0.1, -0.05) is 18.2 Å². The molecule has 2 aromatic carbocycles. The van der Waals surface area contributed by atoms with E-state index in [1.54, 1.807) is 0 Å². The van der Waals surface area contributed by atoms with Crippen molar-refractivity contribution in [2.24, 2.45) is 9.50 Å². The molecule has 0 saturated heterocycles. The Morgan fingerprint density at radius 2 is 1.68 bits per heavy atom. The van der Waals surface area contributed by atoms with Crippen LogP contribution in [0.2, 0.25) is 0 Å². The second kappa shape index (κ2) is 8.64. The summed E-state index contributed by atoms with van der Waals surface area (Å²) < 4.78 is 45.9. The molecule has 2 unspecified atom stereocenters. The monoisotopic (exact) mass is 449 g/mol. The standard InChI is InChI=1S/C22H25F2N3O3S/c1-13(30-21(23)24)14-8-10-17(11-9-14)31(25,29)27-22(28)26-20-18-6-2-4-15(18)12-16-5-3-7-19(16)20/h8-13,21H,2-7H2,1H3,(H3,25,26,27,28,29). The highest BCUT2D eigenvalue weighted by Crippen LogP contribution is 2.38. The lowest BCUT2D eigenvalue weighted by Crippen LogP contribution is -2.19. The lowest BCUT2D eigenvalue weighted by atomic mass is 9.99. The van der Waals surface area contributed by atoms with E-state index in [0.29, 0.717) is 5.56 Å². The Kier molecular flexibility index (Phi) is 6.09. The summed E-state index contributed by atoms with van der Waals surface area (Å²) in [6.07, 6.45) is 5.04. The number of urea groups is 1. The lowest BCUT2D eigenvalue weighted by molar-refractivity contribution is -0.159. The van der Waals surface area contributed by atoms with Gasteiger partial charge in [-0.25, -0.2) is 14.1 Å². The molecule has 2 amide bonds. The molecule has 2 aliphatic carbocycles. The van der Waals surface area contributed by atoms with Gasteiger partial charge in [-0.05, 0) is 85.4 Å². The van der Waals surface area contributed by atoms with Crippen molar-refractivity contribution >= 4 is 21.6 Å². The Morgan fingerprint density at radius 3 is 2.23 bits per heavy atom. The average molecular weight is 450 g/mol. The fraction of sp³-hybridized carbons (Fsp3) is 0.409. The number of amides is 2. The molecule has 2 atom stereocenters. The van der Waals surface area contributed by atoms with Crippen LogP contribution in [0.5, 0.6) is 0 Å². The first-order chi connectivity index (χ1) is 14.7. The summed E-state index contributed by atoms with van der Waals surface area (Å²) in [5.41, 5.74) is 6.09. The van der Waals surface area contributed by atoms with Crippen LogP contribution in [0.15, 0.2) is 39.6 Å². The topological polar surface area (TPSA) is 93.8 Å². The molecule has 9 heteroatoms. The number of nitrogens with one attached hydrogen (secondary N) is 1. The van der Waals surface area contributed by atoms with Crippen LogP contribution in [-0.2, 0) is 40.3 Å². The predicted molar refractivity (Wildman–Crippen MR) is 114 cm³/mol. The molecule has 0 saturated carbocycles. The van der Waals surface area contributed by atoms with Gasteiger partial charge in [0.05, 0.1) is 11.0 Å². The smallest absolute Gasteiger partial charge is 0.315 e. The number of rotatable bonds is 5. The molecule has 0 spiro atoms. The van der Waals surface area contributed by atoms with Crippen molar-refractivity contribution in [3.05, 3.63) is 58.1 Å². The number of ether oxygens (including phenoxy) is 1. The molecular weight excluding hydrogens is 424 g/mol. The number of benzene rings is 2. The van der Waals surface area contributed by atoms with Crippen molar-refractivity contribution < 1.29 is 22.5 Å². The van der Waals surface area contributed by atoms with Gasteiger partial charge in [0.25, 0.3) is 0 Å². The third-order valence-corrected chi connectivity index (χ3v) is 7.30. The minimum absolute atomic E-state index is 0.138. The first-order valence-corrected chi connectivity index (χ1v) is 11.9. The normalized spacial score (nSPS) is 17.7. The van der Waals surface area contributed by atoms with Crippen LogP contribution in [-0.4, -0.2) is 16.9 Å². The first-order valence-electron chi connectivity index (χ1n) is 10.3. The highest BCUT2D eigenvalue weighted by molar-refractivity contribution is 7.91. The Bertz CT molecular complexity index is 1090. The average Bonchev–Trinajstić information content (AvgIpc) is 3.36. The fourth-order valence-corrected chi connectivity index (χ4v) is 5.36. The van der Waals surface area contributed by atoms with Crippen molar-refractivity contribution in [1.29, 1.82) is 0 Å². The summed E-state index contributed by atoms with van der Waals surface area (Å²) in [5, 5.41) is 8.73. The summed E-state index contributed by atoms with van der Waals surface area (Å²) >= 11 is 0. The van der Waals surface area contributed by atoms with E-state index in [4.69, 9.17) is 5.14 Å². The van der Waals surface area contributed by atoms with E-state index < -0.39 is 28.7 Å². The predicted octanol–water partition coefficient (Wildman–Crippen LogP) is 4.90. The van der Waals surface area contributed by atoms with Gasteiger partial charge in [0, 0.05) is 5.69 Å². The Hall–Kier alpha value is -2.36. The van der Waals surface area contributed by atoms with E-state index in [2.05, 4.69) is 20.5 Å². The minimum Gasteiger partial charge on any atom is -0.315 e. The first kappa shape index (κ1) is 21.9. The van der Waals surface area contributed by atoms with Gasteiger partial charge in [-0.2, -0.15) is 8.78 Å². The molecule has 166 valence electrons. The molecule has 0 heterocycles. The highest BCUT2D eigenvalue weighted by Gasteiger charge is 2.25. The maximum absolute atomic E-state index is 12.9. The second-order valence-electron chi connectivity index (χ2n) is 7.93. The van der Waals surface area contributed by atoms with Crippen LogP contribution < -0.4 is 10.5 Å². The van der Waals surface area contributed by atoms with Gasteiger partial charge >= 0.3 is 12.6 Å². The molecule has 3 N–H and O–H groups in total. The summed E-state index contributed by atoms with van der Waals surface area (Å²) in [4.78, 5) is 12.8. The zero-order chi connectivity index (χ0) is 22.2. The van der Waals surface area contributed by atoms with Crippen LogP contribution >= 0.6 is 0 Å². The molecule has 2 aliphatic rings. The van der Waals surface area contributed by atoms with E-state index in [9.17, 15) is 17.8 Å². The number of carbonyl (C=O) groups is 1. The molecule has 2 aromatic rings. The maximum Gasteiger partial charge on any atom is 0.354 e. The van der Waals surface area contributed by atoms with Gasteiger partial charge in [0.1, 0.15) is 9.92 Å². The van der Waals surface area contributed by atoms with Crippen molar-refractivity contribution in [3.8, 4) is 0 Å². The fourth-order valence-electron chi connectivity index (χ4n) is 4.44. The van der Waals surface area contributed by atoms with Gasteiger partial charge < -0.3 is 10.1 Å². The number of carbonyl (C=O) groups excluding carboxylic acids is 1. The van der Waals surface area contributed by atoms with E-state index in [-0.39, 0.29) is 4.90 Å². The third-order valence-electron chi connectivity index (χ3n) is 5.92. The zero-order valence-corrected chi connectivity index (χ0v) is 18.0. The number of anilines is 1. The highest BCUT2D eigenvalue weighted by atomic mass is 32.2. The van der Waals surface area contributed by atoms with Crippen LogP contribution in [0.25, 0.3) is 0 Å². The number of halogens is 2. The molecule has 4 rings (SSSR count). The van der Waals surface area contributed by atoms with E-state index in [0.717, 1.165) is 55.3 Å². The van der Waals surface area contributed by atoms with Gasteiger partial charge in [0.2, 0.25) is 0 Å². The number of alkyl halides is 2. The Balaban J connectivity index is 1.57. The Labute approximate surface area is 180 Å². The van der Waals surface area contributed by atoms with Crippen molar-refractivity contribution in [2.45, 2.75) is 63.1 Å². The quantitative estimate of drug-likeness (QED) is 0.680. The molecular formula is C22H25F2N3O3S. The van der Waals surface area contributed by atoms with E-state index in [1.807, 2.05) is 0 Å². The van der Waals surface area contributed by atoms with Crippen LogP contribution in [0, 0.1) is 0 Å². The number of nitrogens with zero attached hydrogens (tertiary/aromatic N) is 1. The van der Waals surface area contributed by atoms with Crippen molar-refractivity contribution in [2.75, 3.05) is 5.32 Å². The van der Waals surface area contributed by atoms with Crippen molar-refractivity contribution in [1.82, 2.24) is 0 Å².